The molecular weight excluding hydrogens is 458 g/mol. The van der Waals surface area contributed by atoms with Crippen molar-refractivity contribution in [2.24, 2.45) is 0 Å². The average Bonchev–Trinajstić information content (AvgIpc) is 3.53. The fourth-order valence-electron chi connectivity index (χ4n) is 4.57. The minimum Gasteiger partial charge on any atom is -0.480 e. The number of β-amino-alcohol motifs (C(OH)–C–C–N with tert-alkyl or cyclic N) is 1. The van der Waals surface area contributed by atoms with Gasteiger partial charge >= 0.3 is 12.1 Å². The number of ether oxygens (including phenoxy) is 1. The van der Waals surface area contributed by atoms with Gasteiger partial charge in [0, 0.05) is 18.9 Å². The lowest BCUT2D eigenvalue weighted by Crippen LogP contribution is -2.40. The van der Waals surface area contributed by atoms with Crippen LogP contribution in [0, 0.1) is 0 Å². The molecule has 3 aromatic rings. The average molecular weight is 480 g/mol. The number of carbonyl (C=O) groups excluding carboxylic acids is 2. The van der Waals surface area contributed by atoms with Crippen molar-refractivity contribution >= 4 is 34.4 Å². The zero-order chi connectivity index (χ0) is 23.8. The monoisotopic (exact) mass is 479 g/mol. The molecule has 2 atom stereocenters. The molecule has 5 rings (SSSR count). The molecule has 1 aliphatic heterocycles. The molecule has 0 bridgehead atoms. The number of anilines is 1. The van der Waals surface area contributed by atoms with E-state index in [2.05, 4.69) is 22.4 Å². The molecule has 2 aromatic carbocycles. The van der Waals surface area contributed by atoms with Crippen molar-refractivity contribution in [3.05, 3.63) is 70.7 Å². The molecule has 1 fully saturated rings. The highest BCUT2D eigenvalue weighted by atomic mass is 32.1. The molecule has 1 aromatic heterocycles. The Bertz CT molecular complexity index is 1230. The molecule has 3 N–H and O–H groups in total. The number of amides is 2. The summed E-state index contributed by atoms with van der Waals surface area (Å²) in [5.74, 6) is -1.81. The molecule has 2 amide bonds. The van der Waals surface area contributed by atoms with Crippen LogP contribution in [0.3, 0.4) is 0 Å². The van der Waals surface area contributed by atoms with Gasteiger partial charge < -0.3 is 19.8 Å². The number of thiazole rings is 1. The number of carbonyl (C=O) groups is 3. The van der Waals surface area contributed by atoms with Crippen LogP contribution in [0.5, 0.6) is 0 Å². The number of benzene rings is 2. The Kier molecular flexibility index (Phi) is 5.76. The van der Waals surface area contributed by atoms with Crippen molar-refractivity contribution in [3.63, 3.8) is 0 Å². The van der Waals surface area contributed by atoms with E-state index in [0.717, 1.165) is 38.5 Å². The summed E-state index contributed by atoms with van der Waals surface area (Å²) in [4.78, 5) is 41.9. The van der Waals surface area contributed by atoms with Gasteiger partial charge in [0.1, 0.15) is 17.5 Å². The molecule has 10 heteroatoms. The van der Waals surface area contributed by atoms with Gasteiger partial charge in [-0.25, -0.2) is 14.6 Å². The number of aromatic nitrogens is 1. The van der Waals surface area contributed by atoms with Gasteiger partial charge in [0.05, 0.1) is 12.3 Å². The maximum atomic E-state index is 12.7. The third-order valence-corrected chi connectivity index (χ3v) is 6.99. The number of hydrogen-bond acceptors (Lipinski definition) is 7. The summed E-state index contributed by atoms with van der Waals surface area (Å²) >= 11 is 0.918. The van der Waals surface area contributed by atoms with E-state index in [9.17, 15) is 24.6 Å². The minimum absolute atomic E-state index is 0.0231. The van der Waals surface area contributed by atoms with Crippen molar-refractivity contribution in [1.29, 1.82) is 0 Å². The molecule has 9 nitrogen and oxygen atoms in total. The molecule has 0 saturated carbocycles. The Balaban J connectivity index is 1.23. The number of fused-ring (bicyclic) bond motifs is 3. The Morgan fingerprint density at radius 2 is 1.74 bits per heavy atom. The summed E-state index contributed by atoms with van der Waals surface area (Å²) in [5.41, 5.74) is 4.45. The summed E-state index contributed by atoms with van der Waals surface area (Å²) < 4.78 is 5.49. The van der Waals surface area contributed by atoms with Crippen LogP contribution in [0.4, 0.5) is 9.93 Å². The molecule has 0 radical (unpaired) electrons. The van der Waals surface area contributed by atoms with E-state index in [4.69, 9.17) is 4.74 Å². The molecule has 174 valence electrons. The van der Waals surface area contributed by atoms with Crippen LogP contribution in [-0.2, 0) is 9.53 Å². The van der Waals surface area contributed by atoms with E-state index >= 15 is 0 Å². The van der Waals surface area contributed by atoms with Gasteiger partial charge in [-0.2, -0.15) is 0 Å². The van der Waals surface area contributed by atoms with Gasteiger partial charge in [0.15, 0.2) is 5.13 Å². The van der Waals surface area contributed by atoms with Crippen molar-refractivity contribution < 1.29 is 29.3 Å². The first-order valence-electron chi connectivity index (χ1n) is 10.7. The van der Waals surface area contributed by atoms with E-state index in [-0.39, 0.29) is 35.5 Å². The molecule has 1 aliphatic carbocycles. The van der Waals surface area contributed by atoms with Gasteiger partial charge in [-0.3, -0.25) is 10.1 Å². The van der Waals surface area contributed by atoms with Crippen molar-refractivity contribution in [2.75, 3.05) is 18.5 Å². The second-order valence-corrected chi connectivity index (χ2v) is 9.21. The summed E-state index contributed by atoms with van der Waals surface area (Å²) in [6.45, 7) is 0.0752. The quantitative estimate of drug-likeness (QED) is 0.513. The number of rotatable bonds is 5. The third-order valence-electron chi connectivity index (χ3n) is 6.09. The van der Waals surface area contributed by atoms with E-state index in [0.29, 0.717) is 0 Å². The SMILES string of the molecule is O=C(Nc1ncc(C(=O)N2CC(O)CC2C(=O)O)s1)OCC1c2ccccc2-c2ccccc21. The van der Waals surface area contributed by atoms with Gasteiger partial charge in [0.25, 0.3) is 5.91 Å². The van der Waals surface area contributed by atoms with Crippen LogP contribution in [0.1, 0.15) is 33.1 Å². The van der Waals surface area contributed by atoms with Crippen LogP contribution >= 0.6 is 11.3 Å². The lowest BCUT2D eigenvalue weighted by atomic mass is 9.98. The van der Waals surface area contributed by atoms with Crippen molar-refractivity contribution in [3.8, 4) is 11.1 Å². The molecule has 34 heavy (non-hydrogen) atoms. The number of aliphatic carboxylic acids is 1. The molecule has 2 heterocycles. The van der Waals surface area contributed by atoms with Crippen LogP contribution in [0.2, 0.25) is 0 Å². The van der Waals surface area contributed by atoms with E-state index < -0.39 is 30.1 Å². The first-order chi connectivity index (χ1) is 16.4. The van der Waals surface area contributed by atoms with Crippen molar-refractivity contribution in [2.45, 2.75) is 24.5 Å². The summed E-state index contributed by atoms with van der Waals surface area (Å²) in [6.07, 6.45) is -0.341. The summed E-state index contributed by atoms with van der Waals surface area (Å²) in [5, 5.41) is 21.8. The van der Waals surface area contributed by atoms with Gasteiger partial charge in [0.2, 0.25) is 0 Å². The minimum atomic E-state index is -1.17. The Hall–Kier alpha value is -3.76. The van der Waals surface area contributed by atoms with Gasteiger partial charge in [-0.15, -0.1) is 0 Å². The maximum absolute atomic E-state index is 12.7. The predicted molar refractivity (Wildman–Crippen MR) is 124 cm³/mol. The predicted octanol–water partition coefficient (Wildman–Crippen LogP) is 3.16. The Morgan fingerprint density at radius 3 is 2.38 bits per heavy atom. The lowest BCUT2D eigenvalue weighted by molar-refractivity contribution is -0.141. The topological polar surface area (TPSA) is 129 Å². The first kappa shape index (κ1) is 22.1. The second kappa shape index (κ2) is 8.88. The molecule has 0 spiro atoms. The van der Waals surface area contributed by atoms with Crippen LogP contribution in [0.15, 0.2) is 54.7 Å². The molecule has 2 unspecified atom stereocenters. The Labute approximate surface area is 198 Å². The van der Waals surface area contributed by atoms with E-state index in [1.165, 1.54) is 6.20 Å². The molecular formula is C24H21N3O6S. The highest BCUT2D eigenvalue weighted by Gasteiger charge is 2.40. The molecule has 1 saturated heterocycles. The number of aliphatic hydroxyl groups is 1. The smallest absolute Gasteiger partial charge is 0.413 e. The van der Waals surface area contributed by atoms with Crippen LogP contribution in [-0.4, -0.2) is 63.4 Å². The fraction of sp³-hybridized carbons (Fsp3) is 0.250. The highest BCUT2D eigenvalue weighted by molar-refractivity contribution is 7.17. The standard InChI is InChI=1S/C24H21N3O6S/c28-13-9-19(22(30)31)27(11-13)21(29)20-10-25-23(34-20)26-24(32)33-12-18-16-7-3-1-5-14(16)15-6-2-4-8-17(15)18/h1-8,10,13,18-19,28H,9,11-12H2,(H,30,31)(H,25,26,32). The number of nitrogens with zero attached hydrogens (tertiary/aromatic N) is 2. The highest BCUT2D eigenvalue weighted by Crippen LogP contribution is 2.44. The Morgan fingerprint density at radius 1 is 1.09 bits per heavy atom. The maximum Gasteiger partial charge on any atom is 0.413 e. The zero-order valence-electron chi connectivity index (χ0n) is 17.9. The summed E-state index contributed by atoms with van der Waals surface area (Å²) in [7, 11) is 0. The van der Waals surface area contributed by atoms with Crippen molar-refractivity contribution in [1.82, 2.24) is 9.88 Å². The van der Waals surface area contributed by atoms with Gasteiger partial charge in [-0.1, -0.05) is 59.9 Å². The van der Waals surface area contributed by atoms with E-state index in [1.54, 1.807) is 0 Å². The zero-order valence-corrected chi connectivity index (χ0v) is 18.7. The number of likely N-dealkylation sites (tertiary alicyclic amines) is 1. The normalized spacial score (nSPS) is 18.9. The molecule has 2 aliphatic rings. The van der Waals surface area contributed by atoms with Gasteiger partial charge in [-0.05, 0) is 22.3 Å². The van der Waals surface area contributed by atoms with Crippen LogP contribution < -0.4 is 5.32 Å². The number of nitrogens with one attached hydrogen (secondary N) is 1. The number of hydrogen-bond donors (Lipinski definition) is 3. The largest absolute Gasteiger partial charge is 0.480 e. The number of carboxylic acids is 1. The van der Waals surface area contributed by atoms with Crippen LogP contribution in [0.25, 0.3) is 11.1 Å². The summed E-state index contributed by atoms with van der Waals surface area (Å²) in [6, 6.07) is 14.9. The third kappa shape index (κ3) is 4.02. The van der Waals surface area contributed by atoms with E-state index in [1.807, 2.05) is 36.4 Å². The number of carboxylic acid groups (broad SMARTS) is 1. The first-order valence-corrected chi connectivity index (χ1v) is 11.5. The second-order valence-electron chi connectivity index (χ2n) is 8.18. The fourth-order valence-corrected chi connectivity index (χ4v) is 5.32. The number of aliphatic hydroxyl groups excluding tert-OH is 1. The lowest BCUT2D eigenvalue weighted by Gasteiger charge is -2.19.